The Morgan fingerprint density at radius 3 is 2.58 bits per heavy atom. The fraction of sp³-hybridized carbons (Fsp3) is 0.350. The molecule has 1 heterocycles. The summed E-state index contributed by atoms with van der Waals surface area (Å²) in [5.41, 5.74) is 11.7. The van der Waals surface area contributed by atoms with E-state index in [1.165, 1.54) is 0 Å². The maximum atomic E-state index is 12.6. The maximum Gasteiger partial charge on any atom is 0.224 e. The lowest BCUT2D eigenvalue weighted by Crippen LogP contribution is -2.43. The highest BCUT2D eigenvalue weighted by Gasteiger charge is 2.52. The summed E-state index contributed by atoms with van der Waals surface area (Å²) in [5.74, 6) is -0.212. The number of amides is 1. The number of hydrogen-bond donors (Lipinski definition) is 1. The van der Waals surface area contributed by atoms with Crippen molar-refractivity contribution in [2.24, 2.45) is 11.0 Å². The summed E-state index contributed by atoms with van der Waals surface area (Å²) >= 11 is 0. The van der Waals surface area contributed by atoms with Crippen LogP contribution in [-0.4, -0.2) is 23.2 Å². The maximum absolute atomic E-state index is 12.6. The van der Waals surface area contributed by atoms with Gasteiger partial charge in [-0.15, -0.1) is 0 Å². The molecule has 1 N–H and O–H groups in total. The molecule has 2 aromatic rings. The van der Waals surface area contributed by atoms with Crippen molar-refractivity contribution in [2.75, 3.05) is 4.90 Å². The molecule has 4 rings (SSSR count). The third kappa shape index (κ3) is 2.46. The second kappa shape index (κ2) is 6.48. The highest BCUT2D eigenvalue weighted by atomic mass is 16.3. The summed E-state index contributed by atoms with van der Waals surface area (Å²) in [5, 5.41) is 14.7. The van der Waals surface area contributed by atoms with E-state index in [0.29, 0.717) is 6.42 Å². The zero-order chi connectivity index (χ0) is 18.3. The van der Waals surface area contributed by atoms with Crippen LogP contribution >= 0.6 is 0 Å². The lowest BCUT2D eigenvalue weighted by Gasteiger charge is -2.44. The van der Waals surface area contributed by atoms with Crippen LogP contribution in [0, 0.1) is 5.92 Å². The number of aliphatic hydroxyl groups excluding tert-OH is 1. The average molecular weight is 348 g/mol. The SMILES string of the molecule is CC(=O)N1c2ccccc2[C@H]2[C@@H](O)[C@H](N=[N+]=[N-])C[C@H]2[C@H]1c1ccccc1. The Morgan fingerprint density at radius 1 is 1.19 bits per heavy atom. The highest BCUT2D eigenvalue weighted by Crippen LogP contribution is 2.56. The van der Waals surface area contributed by atoms with Crippen LogP contribution in [0.1, 0.15) is 36.4 Å². The molecule has 1 aliphatic carbocycles. The van der Waals surface area contributed by atoms with Crippen LogP contribution in [0.25, 0.3) is 10.4 Å². The minimum Gasteiger partial charge on any atom is -0.392 e. The summed E-state index contributed by atoms with van der Waals surface area (Å²) in [6.45, 7) is 1.57. The third-order valence-corrected chi connectivity index (χ3v) is 5.66. The molecule has 6 nitrogen and oxygen atoms in total. The number of rotatable bonds is 2. The summed E-state index contributed by atoms with van der Waals surface area (Å²) < 4.78 is 0. The van der Waals surface area contributed by atoms with Gasteiger partial charge in [-0.2, -0.15) is 0 Å². The molecule has 2 aliphatic rings. The first-order chi connectivity index (χ1) is 12.6. The van der Waals surface area contributed by atoms with Gasteiger partial charge in [-0.05, 0) is 35.1 Å². The Morgan fingerprint density at radius 2 is 1.88 bits per heavy atom. The first-order valence-corrected chi connectivity index (χ1v) is 8.79. The van der Waals surface area contributed by atoms with E-state index in [1.54, 1.807) is 6.92 Å². The van der Waals surface area contributed by atoms with E-state index < -0.39 is 12.1 Å². The summed E-state index contributed by atoms with van der Waals surface area (Å²) in [6, 6.07) is 16.9. The van der Waals surface area contributed by atoms with E-state index in [0.717, 1.165) is 16.8 Å². The van der Waals surface area contributed by atoms with Gasteiger partial charge < -0.3 is 10.0 Å². The Labute approximate surface area is 151 Å². The van der Waals surface area contributed by atoms with Gasteiger partial charge in [-0.1, -0.05) is 53.6 Å². The first-order valence-electron chi connectivity index (χ1n) is 8.79. The van der Waals surface area contributed by atoms with E-state index in [1.807, 2.05) is 59.5 Å². The van der Waals surface area contributed by atoms with Crippen molar-refractivity contribution in [3.8, 4) is 0 Å². The molecular weight excluding hydrogens is 328 g/mol. The first kappa shape index (κ1) is 16.6. The molecule has 0 bridgehead atoms. The van der Waals surface area contributed by atoms with Crippen LogP contribution in [0.2, 0.25) is 0 Å². The number of aliphatic hydroxyl groups is 1. The number of azide groups is 1. The standard InChI is InChI=1S/C20H20N4O2/c1-12(25)24-17-10-6-5-9-14(17)18-15(11-16(20(18)26)22-23-21)19(24)13-7-3-2-4-8-13/h2-10,15-16,18-20,26H,11H2,1H3/t15-,16-,18-,19-,20+/m1/s1. The quantitative estimate of drug-likeness (QED) is 0.506. The second-order valence-corrected chi connectivity index (χ2v) is 6.99. The molecular formula is C20H20N4O2. The van der Waals surface area contributed by atoms with Crippen molar-refractivity contribution < 1.29 is 9.90 Å². The van der Waals surface area contributed by atoms with Crippen molar-refractivity contribution in [1.82, 2.24) is 0 Å². The van der Waals surface area contributed by atoms with Gasteiger partial charge in [0.25, 0.3) is 0 Å². The Balaban J connectivity index is 1.92. The average Bonchev–Trinajstić information content (AvgIpc) is 2.98. The number of nitrogens with zero attached hydrogens (tertiary/aromatic N) is 4. The van der Waals surface area contributed by atoms with Crippen LogP contribution in [0.5, 0.6) is 0 Å². The van der Waals surface area contributed by atoms with Gasteiger partial charge in [0.15, 0.2) is 0 Å². The molecule has 0 aromatic heterocycles. The monoisotopic (exact) mass is 348 g/mol. The van der Waals surface area contributed by atoms with Gasteiger partial charge in [0.1, 0.15) is 0 Å². The molecule has 6 heteroatoms. The molecule has 1 fully saturated rings. The fourth-order valence-corrected chi connectivity index (χ4v) is 4.72. The Hall–Kier alpha value is -2.82. The number of anilines is 1. The van der Waals surface area contributed by atoms with Gasteiger partial charge >= 0.3 is 0 Å². The minimum absolute atomic E-state index is 0.0123. The summed E-state index contributed by atoms with van der Waals surface area (Å²) in [6.07, 6.45) is -0.203. The van der Waals surface area contributed by atoms with E-state index in [9.17, 15) is 9.90 Å². The lowest BCUT2D eigenvalue weighted by molar-refractivity contribution is -0.117. The van der Waals surface area contributed by atoms with Crippen molar-refractivity contribution in [1.29, 1.82) is 0 Å². The fourth-order valence-electron chi connectivity index (χ4n) is 4.72. The normalized spacial score (nSPS) is 29.5. The van der Waals surface area contributed by atoms with Crippen LogP contribution in [0.15, 0.2) is 59.7 Å². The molecule has 0 unspecified atom stereocenters. The van der Waals surface area contributed by atoms with Crippen molar-refractivity contribution in [3.05, 3.63) is 76.2 Å². The predicted molar refractivity (Wildman–Crippen MR) is 98.6 cm³/mol. The van der Waals surface area contributed by atoms with E-state index >= 15 is 0 Å². The molecule has 1 saturated carbocycles. The largest absolute Gasteiger partial charge is 0.392 e. The molecule has 0 saturated heterocycles. The summed E-state index contributed by atoms with van der Waals surface area (Å²) in [7, 11) is 0. The van der Waals surface area contributed by atoms with Crippen LogP contribution in [0.4, 0.5) is 5.69 Å². The third-order valence-electron chi connectivity index (χ3n) is 5.66. The number of carbonyl (C=O) groups excluding carboxylic acids is 1. The van der Waals surface area contributed by atoms with E-state index in [-0.39, 0.29) is 23.8 Å². The molecule has 5 atom stereocenters. The molecule has 0 radical (unpaired) electrons. The van der Waals surface area contributed by atoms with Crippen LogP contribution in [0.3, 0.4) is 0 Å². The van der Waals surface area contributed by atoms with Gasteiger partial charge in [-0.3, -0.25) is 4.79 Å². The zero-order valence-electron chi connectivity index (χ0n) is 14.4. The highest BCUT2D eigenvalue weighted by molar-refractivity contribution is 5.94. The molecule has 132 valence electrons. The second-order valence-electron chi connectivity index (χ2n) is 6.99. The van der Waals surface area contributed by atoms with Crippen LogP contribution in [-0.2, 0) is 4.79 Å². The zero-order valence-corrected chi connectivity index (χ0v) is 14.4. The molecule has 2 aromatic carbocycles. The number of carbonyl (C=O) groups is 1. The van der Waals surface area contributed by atoms with E-state index in [4.69, 9.17) is 5.53 Å². The molecule has 26 heavy (non-hydrogen) atoms. The number of benzene rings is 2. The smallest absolute Gasteiger partial charge is 0.224 e. The Kier molecular flexibility index (Phi) is 4.15. The van der Waals surface area contributed by atoms with Gasteiger partial charge in [0.05, 0.1) is 18.2 Å². The van der Waals surface area contributed by atoms with Gasteiger partial charge in [0, 0.05) is 23.4 Å². The van der Waals surface area contributed by atoms with Crippen molar-refractivity contribution in [2.45, 2.75) is 37.5 Å². The number of para-hydroxylation sites is 1. The minimum atomic E-state index is -0.752. The number of hydrogen-bond acceptors (Lipinski definition) is 3. The molecule has 1 aliphatic heterocycles. The van der Waals surface area contributed by atoms with Crippen LogP contribution < -0.4 is 4.90 Å². The Bertz CT molecular complexity index is 878. The number of fused-ring (bicyclic) bond motifs is 3. The molecule has 1 amide bonds. The molecule has 0 spiro atoms. The van der Waals surface area contributed by atoms with E-state index in [2.05, 4.69) is 10.0 Å². The summed E-state index contributed by atoms with van der Waals surface area (Å²) in [4.78, 5) is 17.4. The lowest BCUT2D eigenvalue weighted by atomic mass is 9.75. The van der Waals surface area contributed by atoms with Crippen molar-refractivity contribution >= 4 is 11.6 Å². The van der Waals surface area contributed by atoms with Gasteiger partial charge in [0.2, 0.25) is 5.91 Å². The van der Waals surface area contributed by atoms with Gasteiger partial charge in [-0.25, -0.2) is 0 Å². The topological polar surface area (TPSA) is 89.3 Å². The predicted octanol–water partition coefficient (Wildman–Crippen LogP) is 3.94. The van der Waals surface area contributed by atoms with Crippen molar-refractivity contribution in [3.63, 3.8) is 0 Å².